The van der Waals surface area contributed by atoms with Gasteiger partial charge in [-0.3, -0.25) is 0 Å². The van der Waals surface area contributed by atoms with Gasteiger partial charge in [0, 0.05) is 44.3 Å². The molecule has 8 aromatic rings. The molecule has 0 saturated carbocycles. The SMILES string of the molecule is CC(C)(C)c1cc(-c2c3nc(c(-c4ccc(COc5ccc(CO)cc5)cc4)c4nc(c(-c5cc(C(C)(C)C)cc(C(C)(C)C)c5)c5ccc([nH]5)c(-c5cc(C(C)(C)C)cc(C(C)(C)C)c5)c5ccc2[nH]5)C=C4)C=C3)cc(C(C)(C)C)c1. The van der Waals surface area contributed by atoms with Crippen LogP contribution in [-0.4, -0.2) is 25.0 Å². The second-order valence-electron chi connectivity index (χ2n) is 29.2. The molecule has 3 N–H and O–H groups in total. The maximum atomic E-state index is 9.62. The third-order valence-electron chi connectivity index (χ3n) is 16.4. The molecule has 10 rings (SSSR count). The number of rotatable bonds is 8. The molecule has 2 aliphatic rings. The van der Waals surface area contributed by atoms with Gasteiger partial charge in [0.25, 0.3) is 0 Å². The fraction of sp³-hybridized carbons (Fsp3) is 0.342. The van der Waals surface area contributed by atoms with Gasteiger partial charge >= 0.3 is 0 Å². The summed E-state index contributed by atoms with van der Waals surface area (Å²) in [5.74, 6) is 0.751. The number of aromatic amines is 2. The highest BCUT2D eigenvalue weighted by Crippen LogP contribution is 2.44. The Bertz CT molecular complexity index is 3710. The van der Waals surface area contributed by atoms with E-state index in [1.165, 1.54) is 33.4 Å². The van der Waals surface area contributed by atoms with Crippen LogP contribution in [0.1, 0.15) is 192 Å². The Hall–Kier alpha value is -7.54. The molecule has 6 nitrogen and oxygen atoms in total. The van der Waals surface area contributed by atoms with Crippen molar-refractivity contribution in [1.29, 1.82) is 0 Å². The highest BCUT2D eigenvalue weighted by Gasteiger charge is 2.28. The zero-order valence-electron chi connectivity index (χ0n) is 52.1. The lowest BCUT2D eigenvalue weighted by Crippen LogP contribution is -2.16. The molecule has 0 aliphatic carbocycles. The standard InChI is InChI=1S/C76H86N4O2/c1-71(2,3)52-35-49(36-53(41-52)72(4,5)6)68-61-29-27-59(77-61)67(48-23-19-47(20-24-48)45-82-58-25-21-46(44-81)22-26-58)60-28-30-62(78-60)69(50-37-54(73(7,8)9)42-55(38-50)74(10,11)12)64-32-34-66(80-64)70(65-33-31-63(68)79-65)51-39-56(75(13,14)15)43-57(40-51)76(16,17)18/h19-43,79-81H,44-45H2,1-18H3. The largest absolute Gasteiger partial charge is 0.489 e. The van der Waals surface area contributed by atoms with Crippen LogP contribution in [0.2, 0.25) is 0 Å². The summed E-state index contributed by atoms with van der Waals surface area (Å²) in [5, 5.41) is 9.62. The van der Waals surface area contributed by atoms with Gasteiger partial charge in [0.15, 0.2) is 0 Å². The Balaban J connectivity index is 1.35. The third kappa shape index (κ3) is 12.0. The predicted octanol–water partition coefficient (Wildman–Crippen LogP) is 20.2. The molecular formula is C76H86N4O2. The number of H-pyrrole nitrogens is 2. The first-order valence-electron chi connectivity index (χ1n) is 29.4. The van der Waals surface area contributed by atoms with Crippen molar-refractivity contribution in [2.45, 2.75) is 170 Å². The molecule has 2 aliphatic heterocycles. The predicted molar refractivity (Wildman–Crippen MR) is 349 cm³/mol. The fourth-order valence-corrected chi connectivity index (χ4v) is 11.0. The molecule has 82 heavy (non-hydrogen) atoms. The number of aliphatic hydroxyl groups is 1. The Morgan fingerprint density at radius 1 is 0.329 bits per heavy atom. The average molecular weight is 1090 g/mol. The topological polar surface area (TPSA) is 86.8 Å². The van der Waals surface area contributed by atoms with Crippen molar-refractivity contribution >= 4 is 46.4 Å². The van der Waals surface area contributed by atoms with E-state index in [2.05, 4.69) is 262 Å². The first kappa shape index (κ1) is 57.7. The quantitative estimate of drug-likeness (QED) is 0.141. The monoisotopic (exact) mass is 1090 g/mol. The van der Waals surface area contributed by atoms with Gasteiger partial charge in [0.05, 0.1) is 29.4 Å². The zero-order valence-corrected chi connectivity index (χ0v) is 52.1. The number of hydrogen-bond acceptors (Lipinski definition) is 4. The summed E-state index contributed by atoms with van der Waals surface area (Å²) < 4.78 is 6.25. The number of aromatic nitrogens is 4. The second kappa shape index (κ2) is 21.0. The van der Waals surface area contributed by atoms with Crippen molar-refractivity contribution in [1.82, 2.24) is 19.9 Å². The van der Waals surface area contributed by atoms with Crippen LogP contribution in [0, 0.1) is 0 Å². The Morgan fingerprint density at radius 3 is 0.939 bits per heavy atom. The van der Waals surface area contributed by atoms with Gasteiger partial charge in [0.1, 0.15) is 12.4 Å². The van der Waals surface area contributed by atoms with E-state index < -0.39 is 0 Å². The number of aliphatic hydroxyl groups excluding tert-OH is 1. The Labute approximate surface area is 488 Å². The smallest absolute Gasteiger partial charge is 0.119 e. The number of fused-ring (bicyclic) bond motifs is 8. The van der Waals surface area contributed by atoms with E-state index in [1.807, 2.05) is 24.3 Å². The highest BCUT2D eigenvalue weighted by atomic mass is 16.5. The van der Waals surface area contributed by atoms with Crippen LogP contribution in [0.3, 0.4) is 0 Å². The van der Waals surface area contributed by atoms with Crippen molar-refractivity contribution in [3.8, 4) is 50.3 Å². The number of ether oxygens (including phenoxy) is 1. The van der Waals surface area contributed by atoms with Gasteiger partial charge in [-0.25, -0.2) is 9.97 Å². The van der Waals surface area contributed by atoms with Crippen LogP contribution in [0.15, 0.2) is 127 Å². The van der Waals surface area contributed by atoms with Gasteiger partial charge in [-0.1, -0.05) is 216 Å². The van der Waals surface area contributed by atoms with Crippen molar-refractivity contribution in [2.24, 2.45) is 0 Å². The number of nitrogens with one attached hydrogen (secondary N) is 2. The van der Waals surface area contributed by atoms with E-state index in [0.29, 0.717) is 6.61 Å². The molecule has 3 aromatic heterocycles. The molecule has 6 heteroatoms. The van der Waals surface area contributed by atoms with Gasteiger partial charge in [-0.15, -0.1) is 0 Å². The molecule has 0 radical (unpaired) electrons. The molecule has 0 atom stereocenters. The van der Waals surface area contributed by atoms with Crippen molar-refractivity contribution in [3.05, 3.63) is 195 Å². The summed E-state index contributed by atoms with van der Waals surface area (Å²) in [6, 6.07) is 46.9. The molecule has 0 fully saturated rings. The minimum atomic E-state index is -0.114. The molecule has 5 heterocycles. The Kier molecular flexibility index (Phi) is 14.8. The van der Waals surface area contributed by atoms with E-state index in [-0.39, 0.29) is 39.1 Å². The lowest BCUT2D eigenvalue weighted by atomic mass is 9.78. The minimum Gasteiger partial charge on any atom is -0.489 e. The van der Waals surface area contributed by atoms with Crippen LogP contribution >= 0.6 is 0 Å². The van der Waals surface area contributed by atoms with E-state index in [0.717, 1.165) is 106 Å². The molecule has 5 aromatic carbocycles. The summed E-state index contributed by atoms with van der Waals surface area (Å²) in [5.41, 5.74) is 24.8. The van der Waals surface area contributed by atoms with Gasteiger partial charge < -0.3 is 19.8 Å². The van der Waals surface area contributed by atoms with Crippen LogP contribution in [0.25, 0.3) is 90.9 Å². The van der Waals surface area contributed by atoms with E-state index in [4.69, 9.17) is 14.7 Å². The highest BCUT2D eigenvalue weighted by molar-refractivity contribution is 6.00. The molecule has 0 saturated heterocycles. The Morgan fingerprint density at radius 2 is 0.622 bits per heavy atom. The maximum Gasteiger partial charge on any atom is 0.119 e. The van der Waals surface area contributed by atoms with E-state index in [1.54, 1.807) is 0 Å². The summed E-state index contributed by atoms with van der Waals surface area (Å²) >= 11 is 0. The van der Waals surface area contributed by atoms with Crippen LogP contribution < -0.4 is 4.74 Å². The third-order valence-corrected chi connectivity index (χ3v) is 16.4. The van der Waals surface area contributed by atoms with E-state index >= 15 is 0 Å². The lowest BCUT2D eigenvalue weighted by Gasteiger charge is -2.26. The van der Waals surface area contributed by atoms with Crippen molar-refractivity contribution in [2.75, 3.05) is 0 Å². The van der Waals surface area contributed by atoms with E-state index in [9.17, 15) is 5.11 Å². The first-order chi connectivity index (χ1) is 38.3. The normalized spacial score (nSPS) is 13.3. The number of benzene rings is 5. The fourth-order valence-electron chi connectivity index (χ4n) is 11.0. The average Bonchev–Trinajstić information content (AvgIpc) is 4.10. The van der Waals surface area contributed by atoms with Gasteiger partial charge in [-0.2, -0.15) is 0 Å². The molecule has 8 bridgehead atoms. The van der Waals surface area contributed by atoms with Crippen LogP contribution in [-0.2, 0) is 45.7 Å². The summed E-state index contributed by atoms with van der Waals surface area (Å²) in [6.45, 7) is 42.0. The van der Waals surface area contributed by atoms with Crippen LogP contribution in [0.4, 0.5) is 0 Å². The summed E-state index contributed by atoms with van der Waals surface area (Å²) in [4.78, 5) is 19.7. The van der Waals surface area contributed by atoms with Gasteiger partial charge in [0.2, 0.25) is 0 Å². The first-order valence-corrected chi connectivity index (χ1v) is 29.4. The molecular weight excluding hydrogens is 1000 g/mol. The van der Waals surface area contributed by atoms with Crippen molar-refractivity contribution in [3.63, 3.8) is 0 Å². The summed E-state index contributed by atoms with van der Waals surface area (Å²) in [6.07, 6.45) is 8.76. The molecule has 0 spiro atoms. The second-order valence-corrected chi connectivity index (χ2v) is 29.2. The maximum absolute atomic E-state index is 9.62. The number of nitrogens with zero attached hydrogens (tertiary/aromatic N) is 2. The minimum absolute atomic E-state index is 0.00477. The van der Waals surface area contributed by atoms with Crippen LogP contribution in [0.5, 0.6) is 5.75 Å². The lowest BCUT2D eigenvalue weighted by molar-refractivity contribution is 0.280. The molecule has 0 amide bonds. The number of hydrogen-bond donors (Lipinski definition) is 3. The zero-order chi connectivity index (χ0) is 59.1. The van der Waals surface area contributed by atoms with Crippen molar-refractivity contribution < 1.29 is 9.84 Å². The molecule has 0 unspecified atom stereocenters. The summed E-state index contributed by atoms with van der Waals surface area (Å²) in [7, 11) is 0. The molecule has 422 valence electrons. The van der Waals surface area contributed by atoms with Gasteiger partial charge in [-0.05, 0) is 160 Å².